The largest absolute Gasteiger partial charge is 0.354 e. The maximum absolute atomic E-state index is 13.1. The summed E-state index contributed by atoms with van der Waals surface area (Å²) in [6.07, 6.45) is 1.80. The van der Waals surface area contributed by atoms with E-state index in [-0.39, 0.29) is 11.7 Å². The first-order valence-corrected chi connectivity index (χ1v) is 10.3. The molecule has 0 radical (unpaired) electrons. The minimum atomic E-state index is -0.279. The molecule has 3 aromatic rings. The van der Waals surface area contributed by atoms with Gasteiger partial charge in [-0.05, 0) is 43.3 Å². The van der Waals surface area contributed by atoms with Gasteiger partial charge in [-0.1, -0.05) is 6.07 Å². The molecule has 0 spiro atoms. The smallest absolute Gasteiger partial charge is 0.240 e. The van der Waals surface area contributed by atoms with E-state index in [1.807, 2.05) is 25.1 Å². The molecule has 1 saturated heterocycles. The Morgan fingerprint density at radius 2 is 1.90 bits per heavy atom. The molecule has 0 unspecified atom stereocenters. The molecule has 0 bridgehead atoms. The first kappa shape index (κ1) is 19.5. The first-order valence-electron chi connectivity index (χ1n) is 9.50. The van der Waals surface area contributed by atoms with Gasteiger partial charge in [0.1, 0.15) is 11.6 Å². The topological polar surface area (TPSA) is 61.4 Å². The van der Waals surface area contributed by atoms with E-state index in [1.165, 1.54) is 23.5 Å². The van der Waals surface area contributed by atoms with Crippen molar-refractivity contribution in [1.82, 2.24) is 14.9 Å². The fraction of sp³-hybridized carbons (Fsp3) is 0.286. The second-order valence-electron chi connectivity index (χ2n) is 6.93. The molecule has 1 fully saturated rings. The van der Waals surface area contributed by atoms with Crippen LogP contribution >= 0.6 is 11.3 Å². The van der Waals surface area contributed by atoms with Gasteiger partial charge in [0.15, 0.2) is 5.13 Å². The van der Waals surface area contributed by atoms with Crippen molar-refractivity contribution < 1.29 is 9.18 Å². The Morgan fingerprint density at radius 1 is 1.14 bits per heavy atom. The maximum Gasteiger partial charge on any atom is 0.240 e. The van der Waals surface area contributed by atoms with Gasteiger partial charge in [0.05, 0.1) is 12.2 Å². The molecule has 0 saturated carbocycles. The van der Waals surface area contributed by atoms with Gasteiger partial charge in [-0.25, -0.2) is 14.4 Å². The highest BCUT2D eigenvalue weighted by Crippen LogP contribution is 2.30. The molecule has 0 atom stereocenters. The predicted octanol–water partition coefficient (Wildman–Crippen LogP) is 3.41. The normalized spacial score (nSPS) is 14.8. The van der Waals surface area contributed by atoms with Crippen LogP contribution in [0.2, 0.25) is 0 Å². The molecule has 4 rings (SSSR count). The van der Waals surface area contributed by atoms with Gasteiger partial charge >= 0.3 is 0 Å². The molecule has 3 heterocycles. The zero-order valence-electron chi connectivity index (χ0n) is 16.1. The molecule has 0 aliphatic carbocycles. The standard InChI is InChI=1S/C21H22FN5OS/c1-15-20(16-5-7-17(22)8-6-16)25-21(29-15)24-19(28)14-26-10-12-27(13-11-26)18-4-2-3-9-23-18/h2-9H,10-14H2,1H3,(H,24,25,28). The average Bonchev–Trinajstić information content (AvgIpc) is 3.09. The number of hydrogen-bond donors (Lipinski definition) is 1. The lowest BCUT2D eigenvalue weighted by Gasteiger charge is -2.34. The number of nitrogens with zero attached hydrogens (tertiary/aromatic N) is 4. The van der Waals surface area contributed by atoms with Crippen molar-refractivity contribution in [2.75, 3.05) is 42.9 Å². The minimum absolute atomic E-state index is 0.0734. The Balaban J connectivity index is 1.31. The number of amides is 1. The summed E-state index contributed by atoms with van der Waals surface area (Å²) >= 11 is 1.43. The minimum Gasteiger partial charge on any atom is -0.354 e. The van der Waals surface area contributed by atoms with Crippen LogP contribution in [0.3, 0.4) is 0 Å². The van der Waals surface area contributed by atoms with Crippen molar-refractivity contribution in [2.24, 2.45) is 0 Å². The number of nitrogens with one attached hydrogen (secondary N) is 1. The summed E-state index contributed by atoms with van der Waals surface area (Å²) in [7, 11) is 0. The van der Waals surface area contributed by atoms with E-state index in [0.29, 0.717) is 11.7 Å². The van der Waals surface area contributed by atoms with Gasteiger partial charge in [0.25, 0.3) is 0 Å². The second-order valence-corrected chi connectivity index (χ2v) is 8.13. The number of anilines is 2. The Morgan fingerprint density at radius 3 is 2.59 bits per heavy atom. The molecule has 1 aromatic carbocycles. The van der Waals surface area contributed by atoms with E-state index < -0.39 is 0 Å². The predicted molar refractivity (Wildman–Crippen MR) is 114 cm³/mol. The van der Waals surface area contributed by atoms with Crippen LogP contribution in [0.25, 0.3) is 11.3 Å². The number of thiazole rings is 1. The molecule has 8 heteroatoms. The van der Waals surface area contributed by atoms with Crippen molar-refractivity contribution in [3.8, 4) is 11.3 Å². The SMILES string of the molecule is Cc1sc(NC(=O)CN2CCN(c3ccccn3)CC2)nc1-c1ccc(F)cc1. The summed E-state index contributed by atoms with van der Waals surface area (Å²) in [5.41, 5.74) is 1.61. The molecule has 1 amide bonds. The lowest BCUT2D eigenvalue weighted by Crippen LogP contribution is -2.48. The highest BCUT2D eigenvalue weighted by molar-refractivity contribution is 7.16. The van der Waals surface area contributed by atoms with Crippen LogP contribution < -0.4 is 10.2 Å². The number of pyridine rings is 1. The Labute approximate surface area is 173 Å². The van der Waals surface area contributed by atoms with E-state index >= 15 is 0 Å². The molecular formula is C21H22FN5OS. The van der Waals surface area contributed by atoms with Crippen molar-refractivity contribution in [3.05, 3.63) is 59.4 Å². The number of benzene rings is 1. The number of piperazine rings is 1. The number of carbonyl (C=O) groups is 1. The maximum atomic E-state index is 13.1. The van der Waals surface area contributed by atoms with Crippen LogP contribution in [-0.2, 0) is 4.79 Å². The highest BCUT2D eigenvalue weighted by atomic mass is 32.1. The monoisotopic (exact) mass is 411 g/mol. The molecular weight excluding hydrogens is 389 g/mol. The van der Waals surface area contributed by atoms with E-state index in [9.17, 15) is 9.18 Å². The lowest BCUT2D eigenvalue weighted by molar-refractivity contribution is -0.117. The van der Waals surface area contributed by atoms with Gasteiger partial charge in [-0.2, -0.15) is 0 Å². The summed E-state index contributed by atoms with van der Waals surface area (Å²) in [6.45, 7) is 5.58. The third-order valence-electron chi connectivity index (χ3n) is 4.87. The van der Waals surface area contributed by atoms with E-state index in [4.69, 9.17) is 0 Å². The zero-order valence-corrected chi connectivity index (χ0v) is 17.0. The second kappa shape index (κ2) is 8.67. The summed E-state index contributed by atoms with van der Waals surface area (Å²) in [4.78, 5) is 26.7. The van der Waals surface area contributed by atoms with Gasteiger partial charge in [0.2, 0.25) is 5.91 Å². The van der Waals surface area contributed by atoms with Crippen LogP contribution in [0.15, 0.2) is 48.7 Å². The van der Waals surface area contributed by atoms with Crippen molar-refractivity contribution >= 4 is 28.2 Å². The molecule has 1 aliphatic rings. The summed E-state index contributed by atoms with van der Waals surface area (Å²) in [5.74, 6) is 0.622. The number of halogens is 1. The lowest BCUT2D eigenvalue weighted by atomic mass is 10.1. The third kappa shape index (κ3) is 4.78. The molecule has 2 aromatic heterocycles. The van der Waals surface area contributed by atoms with Crippen LogP contribution in [0, 0.1) is 12.7 Å². The Bertz CT molecular complexity index is 968. The third-order valence-corrected chi connectivity index (χ3v) is 5.76. The van der Waals surface area contributed by atoms with Crippen molar-refractivity contribution in [3.63, 3.8) is 0 Å². The number of carbonyl (C=O) groups excluding carboxylic acids is 1. The van der Waals surface area contributed by atoms with Crippen LogP contribution in [-0.4, -0.2) is 53.5 Å². The molecule has 1 aliphatic heterocycles. The zero-order chi connectivity index (χ0) is 20.2. The van der Waals surface area contributed by atoms with E-state index in [2.05, 4.69) is 25.1 Å². The Hall–Kier alpha value is -2.84. The Kier molecular flexibility index (Phi) is 5.82. The van der Waals surface area contributed by atoms with Crippen LogP contribution in [0.5, 0.6) is 0 Å². The fourth-order valence-corrected chi connectivity index (χ4v) is 4.22. The van der Waals surface area contributed by atoms with E-state index in [0.717, 1.165) is 48.1 Å². The summed E-state index contributed by atoms with van der Waals surface area (Å²) < 4.78 is 13.1. The highest BCUT2D eigenvalue weighted by Gasteiger charge is 2.20. The van der Waals surface area contributed by atoms with Gasteiger partial charge in [0, 0.05) is 42.8 Å². The van der Waals surface area contributed by atoms with Gasteiger partial charge < -0.3 is 10.2 Å². The number of hydrogen-bond acceptors (Lipinski definition) is 6. The molecule has 150 valence electrons. The number of rotatable bonds is 5. The van der Waals surface area contributed by atoms with Crippen LogP contribution in [0.1, 0.15) is 4.88 Å². The first-order chi connectivity index (χ1) is 14.1. The van der Waals surface area contributed by atoms with Gasteiger partial charge in [-0.3, -0.25) is 9.69 Å². The molecule has 1 N–H and O–H groups in total. The van der Waals surface area contributed by atoms with Gasteiger partial charge in [-0.15, -0.1) is 11.3 Å². The van der Waals surface area contributed by atoms with Crippen molar-refractivity contribution in [1.29, 1.82) is 0 Å². The number of aryl methyl sites for hydroxylation is 1. The fourth-order valence-electron chi connectivity index (χ4n) is 3.36. The average molecular weight is 412 g/mol. The number of aromatic nitrogens is 2. The molecule has 6 nitrogen and oxygen atoms in total. The quantitative estimate of drug-likeness (QED) is 0.697. The summed E-state index contributed by atoms with van der Waals surface area (Å²) in [6, 6.07) is 12.1. The summed E-state index contributed by atoms with van der Waals surface area (Å²) in [5, 5.41) is 3.47. The van der Waals surface area contributed by atoms with E-state index in [1.54, 1.807) is 18.3 Å². The molecule has 29 heavy (non-hydrogen) atoms. The van der Waals surface area contributed by atoms with Crippen LogP contribution in [0.4, 0.5) is 15.3 Å². The van der Waals surface area contributed by atoms with Crippen molar-refractivity contribution in [2.45, 2.75) is 6.92 Å².